The Morgan fingerprint density at radius 2 is 1.85 bits per heavy atom. The Labute approximate surface area is 201 Å². The molecule has 2 aromatic carbocycles. The van der Waals surface area contributed by atoms with Crippen LogP contribution < -0.4 is 10.9 Å². The molecular weight excluding hydrogens is 450 g/mol. The maximum atomic E-state index is 13.1. The van der Waals surface area contributed by atoms with Gasteiger partial charge in [-0.3, -0.25) is 14.2 Å². The lowest BCUT2D eigenvalue weighted by Gasteiger charge is -2.15. The van der Waals surface area contributed by atoms with Gasteiger partial charge in [0.15, 0.2) is 5.16 Å². The molecule has 0 aliphatic rings. The molecule has 0 aliphatic carbocycles. The van der Waals surface area contributed by atoms with Crippen LogP contribution in [-0.2, 0) is 17.8 Å². The maximum absolute atomic E-state index is 13.1. The van der Waals surface area contributed by atoms with E-state index >= 15 is 0 Å². The van der Waals surface area contributed by atoms with E-state index in [9.17, 15) is 9.59 Å². The first-order chi connectivity index (χ1) is 16.0. The first kappa shape index (κ1) is 23.3. The second kappa shape index (κ2) is 10.8. The SMILES string of the molecule is Cc1ccc(Cn2c(SCC(=O)NC(C)CCc3ccccc3)nc3ccsc3c2=O)cc1. The minimum atomic E-state index is -0.0605. The highest BCUT2D eigenvalue weighted by Gasteiger charge is 2.15. The molecule has 4 rings (SSSR count). The van der Waals surface area contributed by atoms with Gasteiger partial charge < -0.3 is 5.32 Å². The zero-order valence-corrected chi connectivity index (χ0v) is 20.4. The van der Waals surface area contributed by atoms with Crippen LogP contribution in [0.25, 0.3) is 10.2 Å². The van der Waals surface area contributed by atoms with Crippen molar-refractivity contribution < 1.29 is 4.79 Å². The van der Waals surface area contributed by atoms with Gasteiger partial charge in [-0.15, -0.1) is 11.3 Å². The molecular formula is C26H27N3O2S2. The second-order valence-electron chi connectivity index (χ2n) is 8.19. The maximum Gasteiger partial charge on any atom is 0.272 e. The van der Waals surface area contributed by atoms with E-state index in [-0.39, 0.29) is 23.3 Å². The first-order valence-electron chi connectivity index (χ1n) is 11.0. The molecule has 0 radical (unpaired) electrons. The highest BCUT2D eigenvalue weighted by Crippen LogP contribution is 2.22. The van der Waals surface area contributed by atoms with Crippen molar-refractivity contribution >= 4 is 39.2 Å². The number of carbonyl (C=O) groups is 1. The number of amides is 1. The number of fused-ring (bicyclic) bond motifs is 1. The highest BCUT2D eigenvalue weighted by atomic mass is 32.2. The molecule has 7 heteroatoms. The Balaban J connectivity index is 1.43. The molecule has 5 nitrogen and oxygen atoms in total. The van der Waals surface area contributed by atoms with E-state index < -0.39 is 0 Å². The van der Waals surface area contributed by atoms with Crippen LogP contribution in [0.4, 0.5) is 0 Å². The molecule has 0 fully saturated rings. The average molecular weight is 478 g/mol. The zero-order valence-electron chi connectivity index (χ0n) is 18.8. The number of rotatable bonds is 9. The van der Waals surface area contributed by atoms with Gasteiger partial charge in [-0.25, -0.2) is 4.98 Å². The normalized spacial score (nSPS) is 12.1. The summed E-state index contributed by atoms with van der Waals surface area (Å²) in [6, 6.07) is 20.3. The molecule has 1 N–H and O–H groups in total. The van der Waals surface area contributed by atoms with E-state index in [0.29, 0.717) is 21.9 Å². The molecule has 1 unspecified atom stereocenters. The van der Waals surface area contributed by atoms with Crippen LogP contribution in [-0.4, -0.2) is 27.3 Å². The smallest absolute Gasteiger partial charge is 0.272 e. The number of nitrogens with one attached hydrogen (secondary N) is 1. The summed E-state index contributed by atoms with van der Waals surface area (Å²) in [6.45, 7) is 4.49. The predicted molar refractivity (Wildman–Crippen MR) is 137 cm³/mol. The summed E-state index contributed by atoms with van der Waals surface area (Å²) in [6.07, 6.45) is 1.79. The van der Waals surface area contributed by atoms with Crippen molar-refractivity contribution in [1.82, 2.24) is 14.9 Å². The van der Waals surface area contributed by atoms with Gasteiger partial charge in [-0.1, -0.05) is 71.9 Å². The molecule has 0 bridgehead atoms. The average Bonchev–Trinajstić information content (AvgIpc) is 3.29. The molecule has 1 atom stereocenters. The number of benzene rings is 2. The van der Waals surface area contributed by atoms with E-state index in [1.54, 1.807) is 4.57 Å². The van der Waals surface area contributed by atoms with Crippen LogP contribution >= 0.6 is 23.1 Å². The number of hydrogen-bond donors (Lipinski definition) is 1. The molecule has 0 aliphatic heterocycles. The van der Waals surface area contributed by atoms with E-state index in [1.807, 2.05) is 67.8 Å². The summed E-state index contributed by atoms with van der Waals surface area (Å²) in [5.41, 5.74) is 4.09. The van der Waals surface area contributed by atoms with Crippen LogP contribution in [0.3, 0.4) is 0 Å². The lowest BCUT2D eigenvalue weighted by Crippen LogP contribution is -2.34. The largest absolute Gasteiger partial charge is 0.353 e. The fourth-order valence-electron chi connectivity index (χ4n) is 3.60. The number of nitrogens with zero attached hydrogens (tertiary/aromatic N) is 2. The van der Waals surface area contributed by atoms with Gasteiger partial charge in [-0.2, -0.15) is 0 Å². The monoisotopic (exact) mass is 477 g/mol. The van der Waals surface area contributed by atoms with Gasteiger partial charge in [0.25, 0.3) is 5.56 Å². The minimum absolute atomic E-state index is 0.0536. The summed E-state index contributed by atoms with van der Waals surface area (Å²) < 4.78 is 2.32. The summed E-state index contributed by atoms with van der Waals surface area (Å²) >= 11 is 2.71. The Morgan fingerprint density at radius 1 is 1.09 bits per heavy atom. The van der Waals surface area contributed by atoms with Crippen LogP contribution in [0.2, 0.25) is 0 Å². The molecule has 1 amide bonds. The Bertz CT molecular complexity index is 1280. The van der Waals surface area contributed by atoms with Gasteiger partial charge in [0.2, 0.25) is 5.91 Å². The molecule has 2 aromatic heterocycles. The van der Waals surface area contributed by atoms with Crippen LogP contribution in [0.1, 0.15) is 30.0 Å². The second-order valence-corrected chi connectivity index (χ2v) is 10.0. The Hall–Kier alpha value is -2.90. The van der Waals surface area contributed by atoms with Crippen LogP contribution in [0, 0.1) is 6.92 Å². The molecule has 0 spiro atoms. The Morgan fingerprint density at radius 3 is 2.61 bits per heavy atom. The van der Waals surface area contributed by atoms with E-state index in [0.717, 1.165) is 18.4 Å². The lowest BCUT2D eigenvalue weighted by molar-refractivity contribution is -0.119. The third-order valence-electron chi connectivity index (χ3n) is 5.44. The van der Waals surface area contributed by atoms with Crippen molar-refractivity contribution in [2.45, 2.75) is 44.4 Å². The van der Waals surface area contributed by atoms with Crippen molar-refractivity contribution in [2.24, 2.45) is 0 Å². The number of thiophene rings is 1. The summed E-state index contributed by atoms with van der Waals surface area (Å²) in [7, 11) is 0. The summed E-state index contributed by atoms with van der Waals surface area (Å²) in [5.74, 6) is 0.160. The number of carbonyl (C=O) groups excluding carboxylic acids is 1. The van der Waals surface area contributed by atoms with Gasteiger partial charge in [0.1, 0.15) is 4.70 Å². The molecule has 2 heterocycles. The van der Waals surface area contributed by atoms with E-state index in [1.165, 1.54) is 34.2 Å². The van der Waals surface area contributed by atoms with Gasteiger partial charge >= 0.3 is 0 Å². The number of hydrogen-bond acceptors (Lipinski definition) is 5. The predicted octanol–water partition coefficient (Wildman–Crippen LogP) is 5.04. The number of aryl methyl sites for hydroxylation is 2. The fraction of sp³-hybridized carbons (Fsp3) is 0.269. The third-order valence-corrected chi connectivity index (χ3v) is 7.31. The van der Waals surface area contributed by atoms with E-state index in [4.69, 9.17) is 4.98 Å². The standard InChI is InChI=1S/C26H27N3O2S2/c1-18-8-11-21(12-9-18)16-29-25(31)24-22(14-15-32-24)28-26(29)33-17-23(30)27-19(2)10-13-20-6-4-3-5-7-20/h3-9,11-12,14-15,19H,10,13,16-17H2,1-2H3,(H,27,30). The molecule has 0 saturated carbocycles. The fourth-order valence-corrected chi connectivity index (χ4v) is 5.18. The van der Waals surface area contributed by atoms with Crippen LogP contribution in [0.5, 0.6) is 0 Å². The molecule has 170 valence electrons. The summed E-state index contributed by atoms with van der Waals surface area (Å²) in [4.78, 5) is 30.4. The quantitative estimate of drug-likeness (QED) is 0.271. The van der Waals surface area contributed by atoms with Crippen LogP contribution in [0.15, 0.2) is 76.0 Å². The Kier molecular flexibility index (Phi) is 7.62. The van der Waals surface area contributed by atoms with Crippen molar-refractivity contribution in [3.8, 4) is 0 Å². The molecule has 4 aromatic rings. The van der Waals surface area contributed by atoms with Gasteiger partial charge in [0.05, 0.1) is 17.8 Å². The third kappa shape index (κ3) is 6.12. The van der Waals surface area contributed by atoms with Crippen molar-refractivity contribution in [2.75, 3.05) is 5.75 Å². The molecule has 0 saturated heterocycles. The van der Waals surface area contributed by atoms with Crippen molar-refractivity contribution in [3.05, 3.63) is 93.1 Å². The van der Waals surface area contributed by atoms with Gasteiger partial charge in [0, 0.05) is 6.04 Å². The topological polar surface area (TPSA) is 64.0 Å². The van der Waals surface area contributed by atoms with Crippen molar-refractivity contribution in [3.63, 3.8) is 0 Å². The highest BCUT2D eigenvalue weighted by molar-refractivity contribution is 7.99. The van der Waals surface area contributed by atoms with E-state index in [2.05, 4.69) is 17.4 Å². The van der Waals surface area contributed by atoms with Crippen molar-refractivity contribution in [1.29, 1.82) is 0 Å². The molecule has 33 heavy (non-hydrogen) atoms. The first-order valence-corrected chi connectivity index (χ1v) is 12.9. The lowest BCUT2D eigenvalue weighted by atomic mass is 10.1. The number of aromatic nitrogens is 2. The summed E-state index contributed by atoms with van der Waals surface area (Å²) in [5, 5.41) is 5.52. The zero-order chi connectivity index (χ0) is 23.2. The minimum Gasteiger partial charge on any atom is -0.353 e. The van der Waals surface area contributed by atoms with Gasteiger partial charge in [-0.05, 0) is 49.3 Å². The number of thioether (sulfide) groups is 1.